The normalized spacial score (nSPS) is 9.40. The Labute approximate surface area is 71.0 Å². The lowest BCUT2D eigenvalue weighted by molar-refractivity contribution is 0.112. The third-order valence-electron chi connectivity index (χ3n) is 1.14. The zero-order valence-electron chi connectivity index (χ0n) is 5.10. The Balaban J connectivity index is 3.19. The van der Waals surface area contributed by atoms with E-state index in [2.05, 4.69) is 26.2 Å². The first-order valence-corrected chi connectivity index (χ1v) is 3.99. The summed E-state index contributed by atoms with van der Waals surface area (Å²) in [4.78, 5) is 10.3. The highest BCUT2D eigenvalue weighted by Gasteiger charge is 1.94. The average Bonchev–Trinajstić information content (AvgIpc) is 1.88. The van der Waals surface area contributed by atoms with E-state index in [1.54, 1.807) is 6.07 Å². The highest BCUT2D eigenvalue weighted by atomic mass is 79.9. The fourth-order valence-electron chi connectivity index (χ4n) is 0.631. The quantitative estimate of drug-likeness (QED) is 0.502. The number of hydrogen-bond donors (Lipinski definition) is 0. The molecule has 0 aliphatic rings. The van der Waals surface area contributed by atoms with Crippen molar-refractivity contribution in [2.24, 2.45) is 0 Å². The Kier molecular flexibility index (Phi) is 2.40. The van der Waals surface area contributed by atoms with Crippen molar-refractivity contribution < 1.29 is 4.79 Å². The molecule has 1 aromatic carbocycles. The van der Waals surface area contributed by atoms with E-state index in [0.29, 0.717) is 5.56 Å². The van der Waals surface area contributed by atoms with Crippen molar-refractivity contribution in [3.63, 3.8) is 0 Å². The molecule has 0 amide bonds. The van der Waals surface area contributed by atoms with Crippen LogP contribution in [0.3, 0.4) is 0 Å². The maximum atomic E-state index is 10.3. The van der Waals surface area contributed by atoms with Gasteiger partial charge in [0.1, 0.15) is 6.29 Å². The van der Waals surface area contributed by atoms with Gasteiger partial charge in [-0.15, -0.1) is 0 Å². The van der Waals surface area contributed by atoms with Gasteiger partial charge in [-0.25, -0.2) is 0 Å². The lowest BCUT2D eigenvalue weighted by Crippen LogP contribution is -2.08. The minimum atomic E-state index is 0.667. The minimum absolute atomic E-state index is 0.667. The molecule has 0 aliphatic carbocycles. The van der Waals surface area contributed by atoms with E-state index in [-0.39, 0.29) is 0 Å². The van der Waals surface area contributed by atoms with Crippen LogP contribution in [0.25, 0.3) is 0 Å². The summed E-state index contributed by atoms with van der Waals surface area (Å²) in [6, 6.07) is 5.41. The Bertz CT molecular complexity index is 260. The second kappa shape index (κ2) is 3.12. The summed E-state index contributed by atoms with van der Waals surface area (Å²) in [5.41, 5.74) is 0.667. The molecular weight excluding hydrogens is 208 g/mol. The van der Waals surface area contributed by atoms with Crippen LogP contribution in [0.5, 0.6) is 0 Å². The van der Waals surface area contributed by atoms with E-state index < -0.39 is 0 Å². The van der Waals surface area contributed by atoms with E-state index in [0.717, 1.165) is 15.9 Å². The van der Waals surface area contributed by atoms with Gasteiger partial charge in [0, 0.05) is 10.0 Å². The van der Waals surface area contributed by atoms with Crippen LogP contribution in [0.2, 0.25) is 0 Å². The molecule has 0 heterocycles. The summed E-state index contributed by atoms with van der Waals surface area (Å²) >= 11 is 3.28. The predicted molar refractivity (Wildman–Crippen MR) is 44.9 cm³/mol. The SMILES string of the molecule is O=Cc1ccc(Br)cc1[Si]. The lowest BCUT2D eigenvalue weighted by Gasteiger charge is -1.96. The second-order valence-electron chi connectivity index (χ2n) is 1.85. The molecule has 0 fully saturated rings. The lowest BCUT2D eigenvalue weighted by atomic mass is 10.2. The van der Waals surface area contributed by atoms with Gasteiger partial charge in [-0.05, 0) is 12.1 Å². The van der Waals surface area contributed by atoms with Gasteiger partial charge in [-0.1, -0.05) is 27.2 Å². The van der Waals surface area contributed by atoms with Crippen LogP contribution >= 0.6 is 15.9 Å². The van der Waals surface area contributed by atoms with Crippen LogP contribution in [0.1, 0.15) is 10.4 Å². The van der Waals surface area contributed by atoms with Crippen molar-refractivity contribution in [3.05, 3.63) is 28.2 Å². The van der Waals surface area contributed by atoms with Crippen LogP contribution in [-0.2, 0) is 0 Å². The van der Waals surface area contributed by atoms with Crippen LogP contribution in [0, 0.1) is 0 Å². The Morgan fingerprint density at radius 2 is 2.20 bits per heavy atom. The molecule has 0 spiro atoms. The van der Waals surface area contributed by atoms with Gasteiger partial charge in [0.25, 0.3) is 0 Å². The van der Waals surface area contributed by atoms with E-state index in [1.165, 1.54) is 0 Å². The standard InChI is InChI=1S/C7H4BrOSi/c8-6-2-1-5(4-9)7(10)3-6/h1-4H. The van der Waals surface area contributed by atoms with Crippen LogP contribution in [0.15, 0.2) is 22.7 Å². The maximum Gasteiger partial charge on any atom is 0.149 e. The molecule has 0 saturated heterocycles. The zero-order valence-corrected chi connectivity index (χ0v) is 7.68. The number of carbonyl (C=O) groups is 1. The first kappa shape index (κ1) is 7.69. The zero-order chi connectivity index (χ0) is 7.56. The average molecular weight is 212 g/mol. The largest absolute Gasteiger partial charge is 0.298 e. The van der Waals surface area contributed by atoms with Gasteiger partial charge in [0.15, 0.2) is 0 Å². The number of hydrogen-bond acceptors (Lipinski definition) is 1. The molecule has 1 rings (SSSR count). The molecule has 3 heteroatoms. The number of halogens is 1. The molecule has 0 bridgehead atoms. The third-order valence-corrected chi connectivity index (χ3v) is 2.07. The Morgan fingerprint density at radius 1 is 1.50 bits per heavy atom. The van der Waals surface area contributed by atoms with Gasteiger partial charge in [0.05, 0.1) is 10.2 Å². The van der Waals surface area contributed by atoms with Crippen molar-refractivity contribution in [1.29, 1.82) is 0 Å². The monoisotopic (exact) mass is 211 g/mol. The maximum absolute atomic E-state index is 10.3. The van der Waals surface area contributed by atoms with Crippen molar-refractivity contribution >= 4 is 37.6 Å². The first-order valence-electron chi connectivity index (χ1n) is 2.70. The molecule has 0 aliphatic heterocycles. The third kappa shape index (κ3) is 1.55. The summed E-state index contributed by atoms with van der Waals surface area (Å²) in [7, 11) is 3.30. The van der Waals surface area contributed by atoms with Gasteiger partial charge in [-0.2, -0.15) is 0 Å². The van der Waals surface area contributed by atoms with Crippen LogP contribution < -0.4 is 5.19 Å². The van der Waals surface area contributed by atoms with E-state index in [4.69, 9.17) is 0 Å². The molecular formula is C7H4BrOSi. The fourth-order valence-corrected chi connectivity index (χ4v) is 1.50. The van der Waals surface area contributed by atoms with E-state index in [1.807, 2.05) is 12.1 Å². The molecule has 1 nitrogen and oxygen atoms in total. The minimum Gasteiger partial charge on any atom is -0.298 e. The number of rotatable bonds is 1. The molecule has 10 heavy (non-hydrogen) atoms. The molecule has 0 saturated carbocycles. The molecule has 1 aromatic rings. The summed E-state index contributed by atoms with van der Waals surface area (Å²) in [6.07, 6.45) is 0.814. The molecule has 49 valence electrons. The van der Waals surface area contributed by atoms with Gasteiger partial charge in [-0.3, -0.25) is 4.79 Å². The second-order valence-corrected chi connectivity index (χ2v) is 3.30. The topological polar surface area (TPSA) is 17.1 Å². The first-order chi connectivity index (χ1) is 4.74. The van der Waals surface area contributed by atoms with E-state index >= 15 is 0 Å². The molecule has 3 radical (unpaired) electrons. The van der Waals surface area contributed by atoms with Crippen molar-refractivity contribution in [2.75, 3.05) is 0 Å². The van der Waals surface area contributed by atoms with Crippen LogP contribution in [-0.4, -0.2) is 16.5 Å². The van der Waals surface area contributed by atoms with E-state index in [9.17, 15) is 4.79 Å². The molecule has 0 aromatic heterocycles. The summed E-state index contributed by atoms with van der Waals surface area (Å²) < 4.78 is 0.961. The number of carbonyl (C=O) groups excluding carboxylic acids is 1. The van der Waals surface area contributed by atoms with Crippen LogP contribution in [0.4, 0.5) is 0 Å². The highest BCUT2D eigenvalue weighted by molar-refractivity contribution is 9.10. The Hall–Kier alpha value is -0.413. The van der Waals surface area contributed by atoms with Gasteiger partial charge < -0.3 is 0 Å². The number of benzene rings is 1. The molecule has 0 N–H and O–H groups in total. The molecule has 0 atom stereocenters. The Morgan fingerprint density at radius 3 is 2.70 bits per heavy atom. The predicted octanol–water partition coefficient (Wildman–Crippen LogP) is 1.06. The summed E-state index contributed by atoms with van der Waals surface area (Å²) in [5.74, 6) is 0. The van der Waals surface area contributed by atoms with Gasteiger partial charge >= 0.3 is 0 Å². The van der Waals surface area contributed by atoms with Crippen molar-refractivity contribution in [2.45, 2.75) is 0 Å². The fraction of sp³-hybridized carbons (Fsp3) is 0. The summed E-state index contributed by atoms with van der Waals surface area (Å²) in [6.45, 7) is 0. The smallest absolute Gasteiger partial charge is 0.149 e. The molecule has 0 unspecified atom stereocenters. The summed E-state index contributed by atoms with van der Waals surface area (Å²) in [5, 5.41) is 0.810. The van der Waals surface area contributed by atoms with Crippen molar-refractivity contribution in [1.82, 2.24) is 0 Å². The van der Waals surface area contributed by atoms with Crippen molar-refractivity contribution in [3.8, 4) is 0 Å². The highest BCUT2D eigenvalue weighted by Crippen LogP contribution is 2.06. The number of aldehydes is 1. The van der Waals surface area contributed by atoms with Gasteiger partial charge in [0.2, 0.25) is 0 Å².